The fraction of sp³-hybridized carbons (Fsp3) is 0.500. The number of carbonyl (C=O) groups excluding carboxylic acids is 2. The molecule has 6 heteroatoms. The van der Waals surface area contributed by atoms with Gasteiger partial charge in [-0.1, -0.05) is 0 Å². The van der Waals surface area contributed by atoms with Crippen molar-refractivity contribution >= 4 is 11.8 Å². The molecule has 20 heavy (non-hydrogen) atoms. The minimum atomic E-state index is -0.317. The Hall–Kier alpha value is -2.11. The van der Waals surface area contributed by atoms with E-state index in [4.69, 9.17) is 0 Å². The van der Waals surface area contributed by atoms with E-state index in [1.54, 1.807) is 17.9 Å². The summed E-state index contributed by atoms with van der Waals surface area (Å²) in [6, 6.07) is 2.82. The summed E-state index contributed by atoms with van der Waals surface area (Å²) in [7, 11) is 0. The van der Waals surface area contributed by atoms with Crippen LogP contribution in [0.25, 0.3) is 0 Å². The van der Waals surface area contributed by atoms with Crippen molar-refractivity contribution in [3.8, 4) is 0 Å². The molecule has 0 saturated carbocycles. The molecule has 2 N–H and O–H groups in total. The molecule has 1 atom stereocenters. The molecule has 1 fully saturated rings. The van der Waals surface area contributed by atoms with Crippen LogP contribution in [0.4, 0.5) is 0 Å². The molecule has 0 radical (unpaired) electrons. The maximum Gasteiger partial charge on any atom is 0.251 e. The standard InChI is InChI=1S/C14H19N3O3/c1-8(2)17-7-11(6-13(17)19)16-14(20)10-4-9(3)15-12(18)5-10/h4-5,8,11H,6-7H2,1-3H3,(H,15,18)(H,16,20). The molecule has 1 unspecified atom stereocenters. The third kappa shape index (κ3) is 3.07. The van der Waals surface area contributed by atoms with Gasteiger partial charge in [0.25, 0.3) is 5.91 Å². The Morgan fingerprint density at radius 2 is 2.10 bits per heavy atom. The number of aryl methyl sites for hydroxylation is 1. The highest BCUT2D eigenvalue weighted by molar-refractivity contribution is 5.95. The van der Waals surface area contributed by atoms with Crippen LogP contribution in [0, 0.1) is 6.92 Å². The minimum absolute atomic E-state index is 0.0485. The zero-order chi connectivity index (χ0) is 14.9. The molecule has 0 spiro atoms. The number of nitrogens with one attached hydrogen (secondary N) is 2. The van der Waals surface area contributed by atoms with Crippen molar-refractivity contribution in [3.05, 3.63) is 33.7 Å². The molecule has 108 valence electrons. The van der Waals surface area contributed by atoms with Crippen molar-refractivity contribution in [2.45, 2.75) is 39.3 Å². The van der Waals surface area contributed by atoms with Crippen LogP contribution in [-0.4, -0.2) is 40.3 Å². The van der Waals surface area contributed by atoms with Gasteiger partial charge in [-0.3, -0.25) is 14.4 Å². The Morgan fingerprint density at radius 1 is 1.40 bits per heavy atom. The van der Waals surface area contributed by atoms with Crippen LogP contribution in [0.15, 0.2) is 16.9 Å². The van der Waals surface area contributed by atoms with Gasteiger partial charge in [0, 0.05) is 36.3 Å². The first-order valence-electron chi connectivity index (χ1n) is 6.68. The topological polar surface area (TPSA) is 82.3 Å². The van der Waals surface area contributed by atoms with Crippen LogP contribution in [0.3, 0.4) is 0 Å². The molecular formula is C14H19N3O3. The summed E-state index contributed by atoms with van der Waals surface area (Å²) in [5.41, 5.74) is 0.650. The van der Waals surface area contributed by atoms with Gasteiger partial charge in [0.15, 0.2) is 0 Å². The van der Waals surface area contributed by atoms with E-state index >= 15 is 0 Å². The highest BCUT2D eigenvalue weighted by Gasteiger charge is 2.32. The van der Waals surface area contributed by atoms with Crippen LogP contribution >= 0.6 is 0 Å². The molecule has 0 bridgehead atoms. The zero-order valence-corrected chi connectivity index (χ0v) is 11.9. The van der Waals surface area contributed by atoms with E-state index in [1.165, 1.54) is 6.07 Å². The fourth-order valence-corrected chi connectivity index (χ4v) is 2.41. The smallest absolute Gasteiger partial charge is 0.251 e. The van der Waals surface area contributed by atoms with E-state index in [2.05, 4.69) is 10.3 Å². The van der Waals surface area contributed by atoms with Gasteiger partial charge < -0.3 is 15.2 Å². The summed E-state index contributed by atoms with van der Waals surface area (Å²) in [5, 5.41) is 2.81. The Bertz CT molecular complexity index is 592. The second-order valence-corrected chi connectivity index (χ2v) is 5.43. The number of pyridine rings is 1. The van der Waals surface area contributed by atoms with E-state index in [-0.39, 0.29) is 29.5 Å². The zero-order valence-electron chi connectivity index (χ0n) is 11.9. The number of rotatable bonds is 3. The maximum atomic E-state index is 12.1. The number of nitrogens with zero attached hydrogens (tertiary/aromatic N) is 1. The van der Waals surface area contributed by atoms with Crippen LogP contribution in [-0.2, 0) is 4.79 Å². The van der Waals surface area contributed by atoms with E-state index in [0.29, 0.717) is 24.2 Å². The highest BCUT2D eigenvalue weighted by Crippen LogP contribution is 2.14. The number of hydrogen-bond donors (Lipinski definition) is 2. The number of aromatic nitrogens is 1. The van der Waals surface area contributed by atoms with Crippen molar-refractivity contribution < 1.29 is 9.59 Å². The first kappa shape index (κ1) is 14.3. The van der Waals surface area contributed by atoms with E-state index < -0.39 is 0 Å². The lowest BCUT2D eigenvalue weighted by molar-refractivity contribution is -0.129. The van der Waals surface area contributed by atoms with Crippen molar-refractivity contribution in [2.75, 3.05) is 6.54 Å². The molecule has 1 saturated heterocycles. The van der Waals surface area contributed by atoms with Gasteiger partial charge in [-0.2, -0.15) is 0 Å². The summed E-state index contributed by atoms with van der Waals surface area (Å²) >= 11 is 0. The third-order valence-corrected chi connectivity index (χ3v) is 3.36. The molecule has 6 nitrogen and oxygen atoms in total. The number of H-pyrrole nitrogens is 1. The molecule has 2 amide bonds. The SMILES string of the molecule is Cc1cc(C(=O)NC2CC(=O)N(C(C)C)C2)cc(=O)[nH]1. The molecule has 1 aliphatic rings. The summed E-state index contributed by atoms with van der Waals surface area (Å²) in [4.78, 5) is 39.5. The molecule has 2 rings (SSSR count). The molecule has 0 aromatic carbocycles. The van der Waals surface area contributed by atoms with Crippen molar-refractivity contribution in [3.63, 3.8) is 0 Å². The number of amides is 2. The Balaban J connectivity index is 2.06. The average Bonchev–Trinajstić information content (AvgIpc) is 2.69. The summed E-state index contributed by atoms with van der Waals surface area (Å²) in [6.07, 6.45) is 0.312. The number of hydrogen-bond acceptors (Lipinski definition) is 3. The molecule has 2 heterocycles. The second kappa shape index (κ2) is 5.48. The van der Waals surface area contributed by atoms with Crippen molar-refractivity contribution in [1.82, 2.24) is 15.2 Å². The fourth-order valence-electron chi connectivity index (χ4n) is 2.41. The van der Waals surface area contributed by atoms with Gasteiger partial charge >= 0.3 is 0 Å². The lowest BCUT2D eigenvalue weighted by Crippen LogP contribution is -2.39. The van der Waals surface area contributed by atoms with Gasteiger partial charge in [-0.05, 0) is 26.8 Å². The Kier molecular flexibility index (Phi) is 3.92. The Morgan fingerprint density at radius 3 is 2.65 bits per heavy atom. The van der Waals surface area contributed by atoms with Gasteiger partial charge in [-0.15, -0.1) is 0 Å². The molecular weight excluding hydrogens is 258 g/mol. The maximum absolute atomic E-state index is 12.1. The van der Waals surface area contributed by atoms with Crippen molar-refractivity contribution in [2.24, 2.45) is 0 Å². The lowest BCUT2D eigenvalue weighted by atomic mass is 10.2. The summed E-state index contributed by atoms with van der Waals surface area (Å²) in [6.45, 7) is 6.13. The predicted octanol–water partition coefficient (Wildman–Crippen LogP) is 0.422. The monoisotopic (exact) mass is 277 g/mol. The molecule has 1 aromatic rings. The van der Waals surface area contributed by atoms with E-state index in [0.717, 1.165) is 0 Å². The largest absolute Gasteiger partial charge is 0.347 e. The van der Waals surface area contributed by atoms with Gasteiger partial charge in [0.1, 0.15) is 0 Å². The average molecular weight is 277 g/mol. The number of carbonyl (C=O) groups is 2. The van der Waals surface area contributed by atoms with Crippen LogP contribution in [0.2, 0.25) is 0 Å². The van der Waals surface area contributed by atoms with Gasteiger partial charge in [0.05, 0.1) is 6.04 Å². The molecule has 1 aliphatic heterocycles. The lowest BCUT2D eigenvalue weighted by Gasteiger charge is -2.21. The normalized spacial score (nSPS) is 18.7. The molecule has 1 aromatic heterocycles. The predicted molar refractivity (Wildman–Crippen MR) is 74.5 cm³/mol. The molecule has 0 aliphatic carbocycles. The van der Waals surface area contributed by atoms with Gasteiger partial charge in [0.2, 0.25) is 11.5 Å². The van der Waals surface area contributed by atoms with E-state index in [1.807, 2.05) is 13.8 Å². The first-order chi connectivity index (χ1) is 9.36. The summed E-state index contributed by atoms with van der Waals surface area (Å²) < 4.78 is 0. The van der Waals surface area contributed by atoms with Crippen LogP contribution in [0.5, 0.6) is 0 Å². The quantitative estimate of drug-likeness (QED) is 0.840. The minimum Gasteiger partial charge on any atom is -0.347 e. The van der Waals surface area contributed by atoms with E-state index in [9.17, 15) is 14.4 Å². The first-order valence-corrected chi connectivity index (χ1v) is 6.68. The second-order valence-electron chi connectivity index (χ2n) is 5.43. The third-order valence-electron chi connectivity index (χ3n) is 3.36. The number of aromatic amines is 1. The number of likely N-dealkylation sites (tertiary alicyclic amines) is 1. The Labute approximate surface area is 117 Å². The van der Waals surface area contributed by atoms with Crippen LogP contribution in [0.1, 0.15) is 36.3 Å². The highest BCUT2D eigenvalue weighted by atomic mass is 16.2. The van der Waals surface area contributed by atoms with Crippen molar-refractivity contribution in [1.29, 1.82) is 0 Å². The van der Waals surface area contributed by atoms with Gasteiger partial charge in [-0.25, -0.2) is 0 Å². The van der Waals surface area contributed by atoms with Crippen LogP contribution < -0.4 is 10.9 Å². The summed E-state index contributed by atoms with van der Waals surface area (Å²) in [5.74, 6) is -0.269.